The molecule has 1 aromatic rings. The van der Waals surface area contributed by atoms with E-state index in [0.29, 0.717) is 12.8 Å². The lowest BCUT2D eigenvalue weighted by Crippen LogP contribution is -2.38. The third kappa shape index (κ3) is 5.85. The van der Waals surface area contributed by atoms with E-state index in [-0.39, 0.29) is 6.42 Å². The molecule has 0 amide bonds. The van der Waals surface area contributed by atoms with Crippen LogP contribution in [-0.4, -0.2) is 22.2 Å². The van der Waals surface area contributed by atoms with Crippen LogP contribution in [0.3, 0.4) is 0 Å². The number of hydrogen-bond donors (Lipinski definition) is 2. The molecule has 0 fully saturated rings. The summed E-state index contributed by atoms with van der Waals surface area (Å²) in [4.78, 5) is 11.6. The predicted molar refractivity (Wildman–Crippen MR) is 72.1 cm³/mol. The largest absolute Gasteiger partial charge is 0.408 e. The minimum Gasteiger partial charge on any atom is -0.408 e. The highest BCUT2D eigenvalue weighted by atomic mass is 16.8. The topological polar surface area (TPSA) is 66.8 Å². The first-order valence-electron chi connectivity index (χ1n) is 6.43. The third-order valence-electron chi connectivity index (χ3n) is 2.68. The second-order valence-electron chi connectivity index (χ2n) is 5.72. The first-order valence-corrected chi connectivity index (χ1v) is 6.43. The molecule has 0 spiro atoms. The van der Waals surface area contributed by atoms with E-state index in [2.05, 4.69) is 0 Å². The summed E-state index contributed by atoms with van der Waals surface area (Å²) in [7, 11) is 0. The number of esters is 1. The van der Waals surface area contributed by atoms with Crippen LogP contribution in [0.25, 0.3) is 0 Å². The van der Waals surface area contributed by atoms with Gasteiger partial charge in [0.2, 0.25) is 0 Å². The molecular weight excluding hydrogens is 244 g/mol. The summed E-state index contributed by atoms with van der Waals surface area (Å²) in [5.41, 5.74) is 0.358. The Bertz CT molecular complexity index is 404. The van der Waals surface area contributed by atoms with Crippen molar-refractivity contribution in [1.29, 1.82) is 0 Å². The maximum Gasteiger partial charge on any atom is 0.324 e. The summed E-state index contributed by atoms with van der Waals surface area (Å²) < 4.78 is 4.71. The number of aryl methyl sites for hydroxylation is 1. The van der Waals surface area contributed by atoms with Gasteiger partial charge in [-0.15, -0.1) is 0 Å². The second kappa shape index (κ2) is 6.17. The number of carbonyl (C=O) groups excluding carboxylic acids is 1. The Kier molecular flexibility index (Phi) is 5.09. The van der Waals surface area contributed by atoms with Crippen LogP contribution in [0.2, 0.25) is 0 Å². The van der Waals surface area contributed by atoms with Crippen LogP contribution in [0.5, 0.6) is 0 Å². The molecule has 0 saturated heterocycles. The molecule has 0 aliphatic carbocycles. The van der Waals surface area contributed by atoms with Crippen LogP contribution in [-0.2, 0) is 16.0 Å². The van der Waals surface area contributed by atoms with Crippen LogP contribution < -0.4 is 0 Å². The third-order valence-corrected chi connectivity index (χ3v) is 2.68. The van der Waals surface area contributed by atoms with Crippen molar-refractivity contribution in [3.63, 3.8) is 0 Å². The standard InChI is InChI=1S/C15H22O4/c1-14(2,3)13(16)19-15(17,18)11-7-10-12-8-5-4-6-9-12/h4-6,8-9,17-18H,7,10-11H2,1-3H3. The summed E-state index contributed by atoms with van der Waals surface area (Å²) in [6.45, 7) is 4.99. The normalized spacial score (nSPS) is 12.3. The SMILES string of the molecule is CC(C)(C)C(=O)OC(O)(O)CCCc1ccccc1. The van der Waals surface area contributed by atoms with Crippen LogP contribution in [0.1, 0.15) is 39.2 Å². The lowest BCUT2D eigenvalue weighted by molar-refractivity contribution is -0.325. The molecule has 0 saturated carbocycles. The lowest BCUT2D eigenvalue weighted by atomic mass is 9.97. The number of ether oxygens (including phenoxy) is 1. The summed E-state index contributed by atoms with van der Waals surface area (Å²) in [5.74, 6) is -3.02. The summed E-state index contributed by atoms with van der Waals surface area (Å²) >= 11 is 0. The Labute approximate surface area is 114 Å². The van der Waals surface area contributed by atoms with E-state index in [1.165, 1.54) is 0 Å². The first-order chi connectivity index (χ1) is 8.71. The van der Waals surface area contributed by atoms with Gasteiger partial charge in [-0.3, -0.25) is 4.79 Å². The van der Waals surface area contributed by atoms with Crippen molar-refractivity contribution in [2.24, 2.45) is 5.41 Å². The Morgan fingerprint density at radius 2 is 1.74 bits per heavy atom. The summed E-state index contributed by atoms with van der Waals surface area (Å²) in [5, 5.41) is 19.3. The zero-order valence-corrected chi connectivity index (χ0v) is 11.7. The van der Waals surface area contributed by atoms with Crippen LogP contribution in [0.4, 0.5) is 0 Å². The molecule has 0 aromatic heterocycles. The minimum atomic E-state index is -2.39. The summed E-state index contributed by atoms with van der Waals surface area (Å²) in [6, 6.07) is 9.73. The van der Waals surface area contributed by atoms with Crippen molar-refractivity contribution in [2.75, 3.05) is 0 Å². The average molecular weight is 266 g/mol. The van der Waals surface area contributed by atoms with Gasteiger partial charge < -0.3 is 14.9 Å². The number of benzene rings is 1. The van der Waals surface area contributed by atoms with Crippen LogP contribution >= 0.6 is 0 Å². The molecule has 0 atom stereocenters. The number of carbonyl (C=O) groups is 1. The van der Waals surface area contributed by atoms with Gasteiger partial charge in [0.15, 0.2) is 0 Å². The molecule has 106 valence electrons. The molecule has 0 aliphatic rings. The van der Waals surface area contributed by atoms with Crippen LogP contribution in [0.15, 0.2) is 30.3 Å². The molecule has 0 heterocycles. The maximum atomic E-state index is 11.6. The van der Waals surface area contributed by atoms with Crippen molar-refractivity contribution in [2.45, 2.75) is 46.0 Å². The highest BCUT2D eigenvalue weighted by Crippen LogP contribution is 2.21. The molecule has 0 bridgehead atoms. The predicted octanol–water partition coefficient (Wildman–Crippen LogP) is 2.24. The van der Waals surface area contributed by atoms with Gasteiger partial charge in [-0.1, -0.05) is 30.3 Å². The fraction of sp³-hybridized carbons (Fsp3) is 0.533. The zero-order valence-electron chi connectivity index (χ0n) is 11.7. The van der Waals surface area contributed by atoms with Crippen molar-refractivity contribution in [3.05, 3.63) is 35.9 Å². The van der Waals surface area contributed by atoms with E-state index in [9.17, 15) is 15.0 Å². The average Bonchev–Trinajstić information content (AvgIpc) is 2.28. The monoisotopic (exact) mass is 266 g/mol. The van der Waals surface area contributed by atoms with E-state index in [0.717, 1.165) is 5.56 Å². The molecule has 0 unspecified atom stereocenters. The Hall–Kier alpha value is -1.39. The van der Waals surface area contributed by atoms with Crippen molar-refractivity contribution in [3.8, 4) is 0 Å². The molecule has 1 aromatic carbocycles. The Balaban J connectivity index is 2.41. The van der Waals surface area contributed by atoms with E-state index >= 15 is 0 Å². The Morgan fingerprint density at radius 1 is 1.16 bits per heavy atom. The maximum absolute atomic E-state index is 11.6. The van der Waals surface area contributed by atoms with Gasteiger partial charge in [0.25, 0.3) is 0 Å². The van der Waals surface area contributed by atoms with Crippen molar-refractivity contribution >= 4 is 5.97 Å². The highest BCUT2D eigenvalue weighted by molar-refractivity contribution is 5.75. The molecular formula is C15H22O4. The van der Waals surface area contributed by atoms with Gasteiger partial charge in [-0.2, -0.15) is 0 Å². The van der Waals surface area contributed by atoms with Gasteiger partial charge in [-0.25, -0.2) is 0 Å². The van der Waals surface area contributed by atoms with Crippen molar-refractivity contribution in [1.82, 2.24) is 0 Å². The molecule has 0 radical (unpaired) electrons. The second-order valence-corrected chi connectivity index (χ2v) is 5.72. The van der Waals surface area contributed by atoms with E-state index in [1.807, 2.05) is 30.3 Å². The Morgan fingerprint density at radius 3 is 2.26 bits per heavy atom. The molecule has 4 heteroatoms. The fourth-order valence-electron chi connectivity index (χ4n) is 1.52. The van der Waals surface area contributed by atoms with Gasteiger partial charge in [-0.05, 0) is 39.2 Å². The lowest BCUT2D eigenvalue weighted by Gasteiger charge is -2.26. The van der Waals surface area contributed by atoms with Gasteiger partial charge in [0, 0.05) is 6.42 Å². The number of aliphatic hydroxyl groups is 2. The quantitative estimate of drug-likeness (QED) is 0.633. The van der Waals surface area contributed by atoms with Gasteiger partial charge in [0.05, 0.1) is 5.41 Å². The molecule has 1 rings (SSSR count). The highest BCUT2D eigenvalue weighted by Gasteiger charge is 2.33. The van der Waals surface area contributed by atoms with E-state index < -0.39 is 17.4 Å². The zero-order chi connectivity index (χ0) is 14.5. The first kappa shape index (κ1) is 15.7. The van der Waals surface area contributed by atoms with E-state index in [4.69, 9.17) is 4.74 Å². The molecule has 2 N–H and O–H groups in total. The van der Waals surface area contributed by atoms with Gasteiger partial charge >= 0.3 is 11.9 Å². The van der Waals surface area contributed by atoms with Crippen molar-refractivity contribution < 1.29 is 19.7 Å². The van der Waals surface area contributed by atoms with E-state index in [1.54, 1.807) is 20.8 Å². The molecule has 4 nitrogen and oxygen atoms in total. The number of hydrogen-bond acceptors (Lipinski definition) is 4. The summed E-state index contributed by atoms with van der Waals surface area (Å²) in [6.07, 6.45) is 1.22. The minimum absolute atomic E-state index is 0.0102. The van der Waals surface area contributed by atoms with Gasteiger partial charge in [0.1, 0.15) is 0 Å². The molecule has 19 heavy (non-hydrogen) atoms. The smallest absolute Gasteiger partial charge is 0.324 e. The number of rotatable bonds is 5. The molecule has 0 aliphatic heterocycles. The fourth-order valence-corrected chi connectivity index (χ4v) is 1.52. The van der Waals surface area contributed by atoms with Crippen LogP contribution in [0, 0.1) is 5.41 Å².